The second-order valence-corrected chi connectivity index (χ2v) is 2.94. The van der Waals surface area contributed by atoms with Crippen molar-refractivity contribution in [1.29, 1.82) is 0 Å². The Kier molecular flexibility index (Phi) is 2.70. The molecule has 1 rings (SSSR count). The van der Waals surface area contributed by atoms with Gasteiger partial charge in [-0.05, 0) is 13.8 Å². The number of rotatable bonds is 3. The van der Waals surface area contributed by atoms with Crippen LogP contribution in [0.25, 0.3) is 0 Å². The fraction of sp³-hybridized carbons (Fsp3) is 0.625. The summed E-state index contributed by atoms with van der Waals surface area (Å²) < 4.78 is 6.91. The summed E-state index contributed by atoms with van der Waals surface area (Å²) in [5.74, 6) is 0. The molecule has 1 atom stereocenters. The van der Waals surface area contributed by atoms with Crippen LogP contribution >= 0.6 is 0 Å². The van der Waals surface area contributed by atoms with E-state index in [1.807, 2.05) is 20.0 Å². The van der Waals surface area contributed by atoms with Crippen LogP contribution in [-0.4, -0.2) is 23.0 Å². The molecule has 0 saturated carbocycles. The number of ether oxygens (including phenoxy) is 1. The lowest BCUT2D eigenvalue weighted by atomic mass is 10.4. The van der Waals surface area contributed by atoms with Gasteiger partial charge in [0.15, 0.2) is 0 Å². The van der Waals surface area contributed by atoms with Crippen LogP contribution < -0.4 is 5.73 Å². The highest BCUT2D eigenvalue weighted by molar-refractivity contribution is 5.39. The number of hydrogen-bond donors (Lipinski definition) is 1. The lowest BCUT2D eigenvalue weighted by Gasteiger charge is -2.08. The Morgan fingerprint density at radius 2 is 2.42 bits per heavy atom. The van der Waals surface area contributed by atoms with Gasteiger partial charge in [0.2, 0.25) is 0 Å². The van der Waals surface area contributed by atoms with Gasteiger partial charge < -0.3 is 10.5 Å². The molecule has 0 aliphatic heterocycles. The summed E-state index contributed by atoms with van der Waals surface area (Å²) in [6.07, 6.45) is 1.99. The molecule has 0 saturated heterocycles. The SMILES string of the molecule is COC(C)Cn1cc(N)c(C)n1. The van der Waals surface area contributed by atoms with E-state index in [9.17, 15) is 0 Å². The smallest absolute Gasteiger partial charge is 0.0822 e. The Bertz CT molecular complexity index is 237. The van der Waals surface area contributed by atoms with Crippen LogP contribution in [0.2, 0.25) is 0 Å². The van der Waals surface area contributed by atoms with Crippen LogP contribution in [0.1, 0.15) is 12.6 Å². The summed E-state index contributed by atoms with van der Waals surface area (Å²) in [4.78, 5) is 0. The minimum absolute atomic E-state index is 0.170. The van der Waals surface area contributed by atoms with E-state index in [1.165, 1.54) is 0 Å². The van der Waals surface area contributed by atoms with Crippen molar-refractivity contribution in [3.05, 3.63) is 11.9 Å². The maximum atomic E-state index is 5.63. The van der Waals surface area contributed by atoms with E-state index < -0.39 is 0 Å². The van der Waals surface area contributed by atoms with E-state index in [0.29, 0.717) is 0 Å². The highest BCUT2D eigenvalue weighted by atomic mass is 16.5. The highest BCUT2D eigenvalue weighted by Gasteiger charge is 2.04. The molecule has 2 N–H and O–H groups in total. The monoisotopic (exact) mass is 169 g/mol. The van der Waals surface area contributed by atoms with Crippen molar-refractivity contribution in [1.82, 2.24) is 9.78 Å². The molecule has 4 nitrogen and oxygen atoms in total. The largest absolute Gasteiger partial charge is 0.396 e. The van der Waals surface area contributed by atoms with Gasteiger partial charge >= 0.3 is 0 Å². The normalized spacial score (nSPS) is 13.2. The van der Waals surface area contributed by atoms with Gasteiger partial charge in [-0.2, -0.15) is 5.10 Å². The number of hydrogen-bond acceptors (Lipinski definition) is 3. The summed E-state index contributed by atoms with van der Waals surface area (Å²) >= 11 is 0. The van der Waals surface area contributed by atoms with Gasteiger partial charge in [0.1, 0.15) is 0 Å². The number of aromatic nitrogens is 2. The van der Waals surface area contributed by atoms with Crippen LogP contribution in [0, 0.1) is 6.92 Å². The van der Waals surface area contributed by atoms with Gasteiger partial charge in [-0.3, -0.25) is 4.68 Å². The molecule has 0 spiro atoms. The first-order valence-electron chi connectivity index (χ1n) is 3.95. The third-order valence-electron chi connectivity index (χ3n) is 1.83. The second kappa shape index (κ2) is 3.58. The lowest BCUT2D eigenvalue weighted by Crippen LogP contribution is -2.14. The van der Waals surface area contributed by atoms with Gasteiger partial charge in [-0.15, -0.1) is 0 Å². The molecule has 0 aromatic carbocycles. The van der Waals surface area contributed by atoms with Gasteiger partial charge in [0, 0.05) is 13.3 Å². The molecular weight excluding hydrogens is 154 g/mol. The standard InChI is InChI=1S/C8H15N3O/c1-6(12-3)4-11-5-8(9)7(2)10-11/h5-6H,4,9H2,1-3H3. The molecule has 1 unspecified atom stereocenters. The van der Waals surface area contributed by atoms with Crippen molar-refractivity contribution >= 4 is 5.69 Å². The van der Waals surface area contributed by atoms with Gasteiger partial charge in [-0.1, -0.05) is 0 Å². The lowest BCUT2D eigenvalue weighted by molar-refractivity contribution is 0.0998. The number of aryl methyl sites for hydroxylation is 1. The van der Waals surface area contributed by atoms with Crippen molar-refractivity contribution < 1.29 is 4.74 Å². The van der Waals surface area contributed by atoms with Gasteiger partial charge in [0.25, 0.3) is 0 Å². The molecule has 0 aliphatic rings. The summed E-state index contributed by atoms with van der Waals surface area (Å²) in [6, 6.07) is 0. The molecule has 68 valence electrons. The minimum Gasteiger partial charge on any atom is -0.396 e. The predicted molar refractivity (Wildman–Crippen MR) is 47.8 cm³/mol. The van der Waals surface area contributed by atoms with Crippen LogP contribution in [0.4, 0.5) is 5.69 Å². The Morgan fingerprint density at radius 3 is 2.83 bits per heavy atom. The average Bonchev–Trinajstić information content (AvgIpc) is 2.31. The fourth-order valence-electron chi connectivity index (χ4n) is 0.965. The zero-order valence-corrected chi connectivity index (χ0v) is 7.74. The molecule has 1 aromatic rings. The average molecular weight is 169 g/mol. The number of methoxy groups -OCH3 is 1. The molecule has 0 bridgehead atoms. The predicted octanol–water partition coefficient (Wildman–Crippen LogP) is 0.809. The Labute approximate surface area is 72.3 Å². The third kappa shape index (κ3) is 1.98. The van der Waals surface area contributed by atoms with Crippen molar-refractivity contribution in [2.24, 2.45) is 0 Å². The van der Waals surface area contributed by atoms with E-state index in [4.69, 9.17) is 10.5 Å². The van der Waals surface area contributed by atoms with E-state index in [-0.39, 0.29) is 6.10 Å². The van der Waals surface area contributed by atoms with Crippen LogP contribution in [0.3, 0.4) is 0 Å². The van der Waals surface area contributed by atoms with Crippen LogP contribution in [-0.2, 0) is 11.3 Å². The van der Waals surface area contributed by atoms with E-state index in [2.05, 4.69) is 5.10 Å². The number of anilines is 1. The van der Waals surface area contributed by atoms with E-state index in [1.54, 1.807) is 11.8 Å². The van der Waals surface area contributed by atoms with E-state index >= 15 is 0 Å². The van der Waals surface area contributed by atoms with Gasteiger partial charge in [-0.25, -0.2) is 0 Å². The second-order valence-electron chi connectivity index (χ2n) is 2.94. The van der Waals surface area contributed by atoms with Crippen molar-refractivity contribution in [2.75, 3.05) is 12.8 Å². The summed E-state index contributed by atoms with van der Waals surface area (Å²) in [5, 5.41) is 4.21. The molecule has 4 heteroatoms. The van der Waals surface area contributed by atoms with Crippen molar-refractivity contribution in [3.63, 3.8) is 0 Å². The van der Waals surface area contributed by atoms with Crippen LogP contribution in [0.5, 0.6) is 0 Å². The number of nitrogens with two attached hydrogens (primary N) is 1. The van der Waals surface area contributed by atoms with Gasteiger partial charge in [0.05, 0.1) is 24.0 Å². The molecule has 0 amide bonds. The molecule has 0 radical (unpaired) electrons. The first-order chi connectivity index (χ1) is 5.63. The molecule has 0 aliphatic carbocycles. The van der Waals surface area contributed by atoms with Crippen molar-refractivity contribution in [3.8, 4) is 0 Å². The Balaban J connectivity index is 2.64. The molecule has 1 aromatic heterocycles. The van der Waals surface area contributed by atoms with E-state index in [0.717, 1.165) is 17.9 Å². The first-order valence-corrected chi connectivity index (χ1v) is 3.95. The zero-order valence-electron chi connectivity index (χ0n) is 7.74. The maximum Gasteiger partial charge on any atom is 0.0822 e. The fourth-order valence-corrected chi connectivity index (χ4v) is 0.965. The first kappa shape index (κ1) is 9.06. The highest BCUT2D eigenvalue weighted by Crippen LogP contribution is 2.07. The van der Waals surface area contributed by atoms with Crippen LogP contribution in [0.15, 0.2) is 6.20 Å². The summed E-state index contributed by atoms with van der Waals surface area (Å²) in [7, 11) is 1.68. The molecule has 12 heavy (non-hydrogen) atoms. The molecule has 0 fully saturated rings. The zero-order chi connectivity index (χ0) is 9.14. The summed E-state index contributed by atoms with van der Waals surface area (Å²) in [6.45, 7) is 4.63. The number of nitrogens with zero attached hydrogens (tertiary/aromatic N) is 2. The van der Waals surface area contributed by atoms with Crippen molar-refractivity contribution in [2.45, 2.75) is 26.5 Å². The topological polar surface area (TPSA) is 53.1 Å². The minimum atomic E-state index is 0.170. The maximum absolute atomic E-state index is 5.63. The third-order valence-corrected chi connectivity index (χ3v) is 1.83. The Morgan fingerprint density at radius 1 is 1.75 bits per heavy atom. The summed E-state index contributed by atoms with van der Waals surface area (Å²) in [5.41, 5.74) is 7.24. The quantitative estimate of drug-likeness (QED) is 0.728. The Hall–Kier alpha value is -1.03. The number of nitrogen functional groups attached to an aromatic ring is 1. The molecule has 1 heterocycles. The molecular formula is C8H15N3O.